The standard InChI is InChI=1S/C15H26N2O4/c18-14(10-21-13-5-7-16-8-6-13)17-9-11-1-3-12(4-2-11)15(19)20/h11-13,16H,1-10H2,(H,17,18)(H,19,20). The van der Waals surface area contributed by atoms with Crippen LogP contribution in [0.25, 0.3) is 0 Å². The molecular formula is C15H26N2O4. The number of ether oxygens (including phenoxy) is 1. The summed E-state index contributed by atoms with van der Waals surface area (Å²) in [6.07, 6.45) is 5.34. The third-order valence-corrected chi connectivity index (χ3v) is 4.52. The van der Waals surface area contributed by atoms with Gasteiger partial charge in [-0.25, -0.2) is 0 Å². The summed E-state index contributed by atoms with van der Waals surface area (Å²) in [4.78, 5) is 22.6. The van der Waals surface area contributed by atoms with E-state index in [1.165, 1.54) is 0 Å². The molecule has 6 nitrogen and oxygen atoms in total. The summed E-state index contributed by atoms with van der Waals surface area (Å²) in [5.41, 5.74) is 0. The Balaban J connectivity index is 1.55. The molecule has 0 aromatic rings. The average molecular weight is 298 g/mol. The van der Waals surface area contributed by atoms with Gasteiger partial charge in [0.25, 0.3) is 0 Å². The highest BCUT2D eigenvalue weighted by Gasteiger charge is 2.26. The molecule has 1 aliphatic carbocycles. The molecule has 2 fully saturated rings. The molecule has 3 N–H and O–H groups in total. The first kappa shape index (κ1) is 16.2. The van der Waals surface area contributed by atoms with Crippen molar-refractivity contribution in [3.8, 4) is 0 Å². The Labute approximate surface area is 125 Å². The maximum Gasteiger partial charge on any atom is 0.306 e. The summed E-state index contributed by atoms with van der Waals surface area (Å²) in [5.74, 6) is -0.537. The van der Waals surface area contributed by atoms with E-state index in [1.54, 1.807) is 0 Å². The highest BCUT2D eigenvalue weighted by Crippen LogP contribution is 2.28. The first-order valence-electron chi connectivity index (χ1n) is 7.97. The Kier molecular flexibility index (Phi) is 6.45. The summed E-state index contributed by atoms with van der Waals surface area (Å²) in [6, 6.07) is 0. The predicted molar refractivity (Wildman–Crippen MR) is 77.9 cm³/mol. The lowest BCUT2D eigenvalue weighted by Gasteiger charge is -2.26. The van der Waals surface area contributed by atoms with Crippen molar-refractivity contribution in [2.75, 3.05) is 26.2 Å². The molecular weight excluding hydrogens is 272 g/mol. The van der Waals surface area contributed by atoms with E-state index in [0.717, 1.165) is 51.6 Å². The number of rotatable bonds is 6. The molecule has 0 unspecified atom stereocenters. The second-order valence-corrected chi connectivity index (χ2v) is 6.12. The number of carboxylic acids is 1. The van der Waals surface area contributed by atoms with Gasteiger partial charge in [0.1, 0.15) is 6.61 Å². The normalized spacial score (nSPS) is 27.2. The van der Waals surface area contributed by atoms with Crippen molar-refractivity contribution in [2.45, 2.75) is 44.6 Å². The van der Waals surface area contributed by atoms with E-state index in [1.807, 2.05) is 0 Å². The van der Waals surface area contributed by atoms with Gasteiger partial charge >= 0.3 is 5.97 Å². The van der Waals surface area contributed by atoms with E-state index in [-0.39, 0.29) is 24.5 Å². The topological polar surface area (TPSA) is 87.7 Å². The summed E-state index contributed by atoms with van der Waals surface area (Å²) in [7, 11) is 0. The monoisotopic (exact) mass is 298 g/mol. The van der Waals surface area contributed by atoms with Crippen LogP contribution in [0, 0.1) is 11.8 Å². The summed E-state index contributed by atoms with van der Waals surface area (Å²) < 4.78 is 5.60. The molecule has 0 bridgehead atoms. The van der Waals surface area contributed by atoms with E-state index in [0.29, 0.717) is 12.5 Å². The first-order chi connectivity index (χ1) is 10.1. The predicted octanol–water partition coefficient (Wildman–Crippen LogP) is 0.762. The molecule has 1 aliphatic heterocycles. The largest absolute Gasteiger partial charge is 0.481 e. The van der Waals surface area contributed by atoms with Crippen LogP contribution in [0.1, 0.15) is 38.5 Å². The van der Waals surface area contributed by atoms with E-state index < -0.39 is 5.97 Å². The molecule has 6 heteroatoms. The van der Waals surface area contributed by atoms with Gasteiger partial charge in [-0.05, 0) is 57.5 Å². The highest BCUT2D eigenvalue weighted by atomic mass is 16.5. The van der Waals surface area contributed by atoms with Crippen LogP contribution in [-0.2, 0) is 14.3 Å². The number of carboxylic acid groups (broad SMARTS) is 1. The number of piperidine rings is 1. The molecule has 1 saturated carbocycles. The fourth-order valence-corrected chi connectivity index (χ4v) is 3.08. The zero-order valence-electron chi connectivity index (χ0n) is 12.5. The van der Waals surface area contributed by atoms with Crippen molar-refractivity contribution in [1.29, 1.82) is 0 Å². The molecule has 0 radical (unpaired) electrons. The lowest BCUT2D eigenvalue weighted by atomic mass is 9.82. The Morgan fingerprint density at radius 3 is 2.38 bits per heavy atom. The van der Waals surface area contributed by atoms with Gasteiger partial charge in [-0.3, -0.25) is 9.59 Å². The lowest BCUT2D eigenvalue weighted by Crippen LogP contribution is -2.37. The van der Waals surface area contributed by atoms with Gasteiger partial charge in [-0.2, -0.15) is 0 Å². The summed E-state index contributed by atoms with van der Waals surface area (Å²) in [6.45, 7) is 2.69. The van der Waals surface area contributed by atoms with E-state index in [2.05, 4.69) is 10.6 Å². The number of hydrogen-bond acceptors (Lipinski definition) is 4. The van der Waals surface area contributed by atoms with Crippen LogP contribution in [0.3, 0.4) is 0 Å². The first-order valence-corrected chi connectivity index (χ1v) is 7.97. The molecule has 21 heavy (non-hydrogen) atoms. The number of nitrogens with one attached hydrogen (secondary N) is 2. The second kappa shape index (κ2) is 8.34. The molecule has 1 saturated heterocycles. The van der Waals surface area contributed by atoms with Crippen molar-refractivity contribution in [1.82, 2.24) is 10.6 Å². The molecule has 2 aliphatic rings. The molecule has 1 heterocycles. The highest BCUT2D eigenvalue weighted by molar-refractivity contribution is 5.77. The third kappa shape index (κ3) is 5.63. The fraction of sp³-hybridized carbons (Fsp3) is 0.867. The Bertz CT molecular complexity index is 348. The maximum absolute atomic E-state index is 11.8. The van der Waals surface area contributed by atoms with Gasteiger partial charge in [0.05, 0.1) is 12.0 Å². The molecule has 0 aromatic carbocycles. The fourth-order valence-electron chi connectivity index (χ4n) is 3.08. The number of amides is 1. The average Bonchev–Trinajstić information content (AvgIpc) is 2.52. The SMILES string of the molecule is O=C(COC1CCNCC1)NCC1CCC(C(=O)O)CC1. The molecule has 2 rings (SSSR count). The number of carbonyl (C=O) groups excluding carboxylic acids is 1. The minimum absolute atomic E-state index is 0.0612. The lowest BCUT2D eigenvalue weighted by molar-refractivity contribution is -0.143. The molecule has 0 spiro atoms. The Hall–Kier alpha value is -1.14. The van der Waals surface area contributed by atoms with Crippen LogP contribution in [0.2, 0.25) is 0 Å². The smallest absolute Gasteiger partial charge is 0.306 e. The summed E-state index contributed by atoms with van der Waals surface area (Å²) >= 11 is 0. The third-order valence-electron chi connectivity index (χ3n) is 4.52. The molecule has 1 amide bonds. The van der Waals surface area contributed by atoms with E-state index in [9.17, 15) is 9.59 Å². The van der Waals surface area contributed by atoms with Crippen LogP contribution < -0.4 is 10.6 Å². The van der Waals surface area contributed by atoms with Crippen molar-refractivity contribution < 1.29 is 19.4 Å². The zero-order chi connectivity index (χ0) is 15.1. The van der Waals surface area contributed by atoms with Gasteiger partial charge in [0.15, 0.2) is 0 Å². The van der Waals surface area contributed by atoms with E-state index >= 15 is 0 Å². The molecule has 120 valence electrons. The van der Waals surface area contributed by atoms with Crippen molar-refractivity contribution in [2.24, 2.45) is 11.8 Å². The van der Waals surface area contributed by atoms with Crippen LogP contribution in [0.15, 0.2) is 0 Å². The summed E-state index contributed by atoms with van der Waals surface area (Å²) in [5, 5.41) is 15.1. The van der Waals surface area contributed by atoms with Gasteiger partial charge in [0.2, 0.25) is 5.91 Å². The van der Waals surface area contributed by atoms with Crippen LogP contribution in [0.4, 0.5) is 0 Å². The van der Waals surface area contributed by atoms with Crippen molar-refractivity contribution in [3.63, 3.8) is 0 Å². The molecule has 0 atom stereocenters. The van der Waals surface area contributed by atoms with Crippen LogP contribution in [0.5, 0.6) is 0 Å². The minimum atomic E-state index is -0.687. The second-order valence-electron chi connectivity index (χ2n) is 6.12. The Morgan fingerprint density at radius 1 is 1.10 bits per heavy atom. The van der Waals surface area contributed by atoms with Crippen molar-refractivity contribution in [3.05, 3.63) is 0 Å². The van der Waals surface area contributed by atoms with Crippen molar-refractivity contribution >= 4 is 11.9 Å². The number of aliphatic carboxylic acids is 1. The number of hydrogen-bond donors (Lipinski definition) is 3. The van der Waals surface area contributed by atoms with Crippen LogP contribution in [-0.4, -0.2) is 49.3 Å². The van der Waals surface area contributed by atoms with E-state index in [4.69, 9.17) is 9.84 Å². The molecule has 0 aromatic heterocycles. The van der Waals surface area contributed by atoms with Gasteiger partial charge in [-0.1, -0.05) is 0 Å². The van der Waals surface area contributed by atoms with Crippen LogP contribution >= 0.6 is 0 Å². The Morgan fingerprint density at radius 2 is 1.76 bits per heavy atom. The number of carbonyl (C=O) groups is 2. The zero-order valence-corrected chi connectivity index (χ0v) is 12.5. The quantitative estimate of drug-likeness (QED) is 0.674. The minimum Gasteiger partial charge on any atom is -0.481 e. The maximum atomic E-state index is 11.8. The van der Waals surface area contributed by atoms with Gasteiger partial charge in [-0.15, -0.1) is 0 Å². The van der Waals surface area contributed by atoms with Gasteiger partial charge in [0, 0.05) is 6.54 Å². The van der Waals surface area contributed by atoms with Gasteiger partial charge < -0.3 is 20.5 Å².